The van der Waals surface area contributed by atoms with Crippen LogP contribution in [0.3, 0.4) is 0 Å². The van der Waals surface area contributed by atoms with Gasteiger partial charge in [0.1, 0.15) is 17.2 Å². The topological polar surface area (TPSA) is 47.9 Å². The summed E-state index contributed by atoms with van der Waals surface area (Å²) in [6, 6.07) is 3.26. The fourth-order valence-electron chi connectivity index (χ4n) is 2.45. The predicted molar refractivity (Wildman–Crippen MR) is 82.5 cm³/mol. The van der Waals surface area contributed by atoms with Crippen molar-refractivity contribution in [3.63, 3.8) is 0 Å². The van der Waals surface area contributed by atoms with Crippen molar-refractivity contribution in [2.24, 2.45) is 10.9 Å². The van der Waals surface area contributed by atoms with Crippen LogP contribution in [0.5, 0.6) is 0 Å². The largest absolute Gasteiger partial charge is 0.442 e. The molecule has 1 aliphatic heterocycles. The second-order valence-electron chi connectivity index (χ2n) is 6.52. The molecule has 126 valence electrons. The number of amides is 1. The molecule has 6 heteroatoms. The van der Waals surface area contributed by atoms with E-state index >= 15 is 0 Å². The molecule has 23 heavy (non-hydrogen) atoms. The molecule has 0 aliphatic carbocycles. The first-order chi connectivity index (χ1) is 10.8. The van der Waals surface area contributed by atoms with Crippen molar-refractivity contribution in [2.45, 2.75) is 45.3 Å². The van der Waals surface area contributed by atoms with Gasteiger partial charge in [-0.3, -0.25) is 0 Å². The van der Waals surface area contributed by atoms with Crippen molar-refractivity contribution < 1.29 is 23.0 Å². The molecule has 1 aromatic rings. The number of carbonyl (C=O) groups excluding carboxylic acids is 1. The van der Waals surface area contributed by atoms with Crippen molar-refractivity contribution in [2.75, 3.05) is 6.61 Å². The number of aliphatic imine (C=N–C) groups is 1. The van der Waals surface area contributed by atoms with E-state index in [9.17, 15) is 13.6 Å². The van der Waals surface area contributed by atoms with Gasteiger partial charge in [0.2, 0.25) is 0 Å². The minimum Gasteiger partial charge on any atom is -0.442 e. The Morgan fingerprint density at radius 1 is 1.39 bits per heavy atom. The first-order valence-corrected chi connectivity index (χ1v) is 7.60. The highest BCUT2D eigenvalue weighted by Gasteiger charge is 2.29. The molecule has 1 heterocycles. The summed E-state index contributed by atoms with van der Waals surface area (Å²) in [5.74, 6) is -1.38. The van der Waals surface area contributed by atoms with E-state index in [1.54, 1.807) is 20.8 Å². The fourth-order valence-corrected chi connectivity index (χ4v) is 2.45. The van der Waals surface area contributed by atoms with Crippen LogP contribution < -0.4 is 0 Å². The molecule has 1 aromatic carbocycles. The minimum absolute atomic E-state index is 0.144. The van der Waals surface area contributed by atoms with Crippen LogP contribution in [0.25, 0.3) is 0 Å². The van der Waals surface area contributed by atoms with Crippen LogP contribution in [-0.2, 0) is 9.47 Å². The molecule has 2 atom stereocenters. The van der Waals surface area contributed by atoms with Crippen LogP contribution in [-0.4, -0.2) is 24.5 Å². The van der Waals surface area contributed by atoms with E-state index < -0.39 is 29.4 Å². The molecule has 0 spiro atoms. The van der Waals surface area contributed by atoms with Gasteiger partial charge in [0.05, 0.1) is 6.10 Å². The molecule has 1 fully saturated rings. The van der Waals surface area contributed by atoms with Gasteiger partial charge in [-0.1, -0.05) is 0 Å². The van der Waals surface area contributed by atoms with Gasteiger partial charge in [0.25, 0.3) is 0 Å². The SMILES string of the molecule is CC(C)(C)OC(=O)N=CC1CCCO[C@@H]1c1cc(F)ccc1F. The Hall–Kier alpha value is -1.82. The molecule has 0 radical (unpaired) electrons. The molecule has 1 amide bonds. The zero-order valence-electron chi connectivity index (χ0n) is 13.5. The quantitative estimate of drug-likeness (QED) is 0.755. The van der Waals surface area contributed by atoms with Crippen molar-refractivity contribution in [1.29, 1.82) is 0 Å². The van der Waals surface area contributed by atoms with Gasteiger partial charge in [-0.2, -0.15) is 4.99 Å². The summed E-state index contributed by atoms with van der Waals surface area (Å²) >= 11 is 0. The van der Waals surface area contributed by atoms with Gasteiger partial charge in [-0.15, -0.1) is 0 Å². The normalized spacial score (nSPS) is 22.3. The maximum absolute atomic E-state index is 14.0. The maximum atomic E-state index is 14.0. The molecule has 1 aliphatic rings. The summed E-state index contributed by atoms with van der Waals surface area (Å²) in [6.07, 6.45) is 1.49. The number of benzene rings is 1. The first-order valence-electron chi connectivity index (χ1n) is 7.60. The van der Waals surface area contributed by atoms with Crippen molar-refractivity contribution in [3.8, 4) is 0 Å². The van der Waals surface area contributed by atoms with Crippen molar-refractivity contribution in [1.82, 2.24) is 0 Å². The number of halogens is 2. The zero-order valence-corrected chi connectivity index (χ0v) is 13.5. The van der Waals surface area contributed by atoms with Gasteiger partial charge < -0.3 is 9.47 Å². The monoisotopic (exact) mass is 325 g/mol. The summed E-state index contributed by atoms with van der Waals surface area (Å²) < 4.78 is 38.1. The summed E-state index contributed by atoms with van der Waals surface area (Å²) in [5.41, 5.74) is -0.490. The van der Waals surface area contributed by atoms with Gasteiger partial charge >= 0.3 is 6.09 Å². The highest BCUT2D eigenvalue weighted by molar-refractivity contribution is 5.80. The Bertz CT molecular complexity index is 596. The molecule has 0 bridgehead atoms. The zero-order chi connectivity index (χ0) is 17.0. The molecule has 1 saturated heterocycles. The maximum Gasteiger partial charge on any atom is 0.433 e. The van der Waals surface area contributed by atoms with Crippen molar-refractivity contribution in [3.05, 3.63) is 35.4 Å². The Morgan fingerprint density at radius 2 is 2.13 bits per heavy atom. The average molecular weight is 325 g/mol. The lowest BCUT2D eigenvalue weighted by molar-refractivity contribution is -0.00734. The van der Waals surface area contributed by atoms with Crippen LogP contribution in [0.4, 0.5) is 13.6 Å². The van der Waals surface area contributed by atoms with Crippen LogP contribution in [0.2, 0.25) is 0 Å². The number of hydrogen-bond acceptors (Lipinski definition) is 3. The number of hydrogen-bond donors (Lipinski definition) is 0. The Morgan fingerprint density at radius 3 is 2.83 bits per heavy atom. The van der Waals surface area contributed by atoms with Crippen LogP contribution in [0.1, 0.15) is 45.3 Å². The predicted octanol–water partition coefficient (Wildman–Crippen LogP) is 4.44. The standard InChI is InChI=1S/C17H21F2NO3/c1-17(2,3)23-16(21)20-10-11-5-4-8-22-15(11)13-9-12(18)6-7-14(13)19/h6-7,9-11,15H,4-5,8H2,1-3H3/t11?,15-/m0/s1. The smallest absolute Gasteiger partial charge is 0.433 e. The Labute approximate surface area is 134 Å². The second-order valence-corrected chi connectivity index (χ2v) is 6.52. The highest BCUT2D eigenvalue weighted by Crippen LogP contribution is 2.34. The molecular formula is C17H21F2NO3. The van der Waals surface area contributed by atoms with Crippen LogP contribution >= 0.6 is 0 Å². The molecular weight excluding hydrogens is 304 g/mol. The summed E-state index contributed by atoms with van der Waals surface area (Å²) in [4.78, 5) is 15.4. The molecule has 0 aromatic heterocycles. The third-order valence-corrected chi connectivity index (χ3v) is 3.40. The summed E-state index contributed by atoms with van der Waals surface area (Å²) in [6.45, 7) is 5.69. The van der Waals surface area contributed by atoms with Crippen LogP contribution in [0.15, 0.2) is 23.2 Å². The summed E-state index contributed by atoms with van der Waals surface area (Å²) in [5, 5.41) is 0. The third kappa shape index (κ3) is 5.10. The summed E-state index contributed by atoms with van der Waals surface area (Å²) in [7, 11) is 0. The van der Waals surface area contributed by atoms with E-state index in [4.69, 9.17) is 9.47 Å². The van der Waals surface area contributed by atoms with Gasteiger partial charge in [-0.25, -0.2) is 13.6 Å². The molecule has 4 nitrogen and oxygen atoms in total. The lowest BCUT2D eigenvalue weighted by atomic mass is 9.90. The number of carbonyl (C=O) groups is 1. The first kappa shape index (κ1) is 17.5. The fraction of sp³-hybridized carbons (Fsp3) is 0.529. The molecule has 0 N–H and O–H groups in total. The molecule has 2 rings (SSSR count). The van der Waals surface area contributed by atoms with Gasteiger partial charge in [-0.05, 0) is 51.8 Å². The second kappa shape index (κ2) is 7.17. The molecule has 1 unspecified atom stereocenters. The van der Waals surface area contributed by atoms with Gasteiger partial charge in [0.15, 0.2) is 0 Å². The third-order valence-electron chi connectivity index (χ3n) is 3.40. The molecule has 0 saturated carbocycles. The van der Waals surface area contributed by atoms with E-state index in [1.165, 1.54) is 6.21 Å². The van der Waals surface area contributed by atoms with E-state index in [2.05, 4.69) is 4.99 Å². The Kier molecular flexibility index (Phi) is 5.46. The number of rotatable bonds is 2. The number of nitrogens with zero attached hydrogens (tertiary/aromatic N) is 1. The minimum atomic E-state index is -0.707. The van der Waals surface area contributed by atoms with E-state index in [0.717, 1.165) is 24.6 Å². The number of ether oxygens (including phenoxy) is 2. The lowest BCUT2D eigenvalue weighted by Crippen LogP contribution is -2.26. The van der Waals surface area contributed by atoms with E-state index in [1.807, 2.05) is 0 Å². The van der Waals surface area contributed by atoms with E-state index in [0.29, 0.717) is 13.0 Å². The average Bonchev–Trinajstić information content (AvgIpc) is 2.46. The van der Waals surface area contributed by atoms with Gasteiger partial charge in [0, 0.05) is 24.3 Å². The van der Waals surface area contributed by atoms with E-state index in [-0.39, 0.29) is 11.5 Å². The Balaban J connectivity index is 2.15. The van der Waals surface area contributed by atoms with Crippen LogP contribution in [0, 0.1) is 17.6 Å². The van der Waals surface area contributed by atoms with Crippen molar-refractivity contribution >= 4 is 12.3 Å². The highest BCUT2D eigenvalue weighted by atomic mass is 19.1. The lowest BCUT2D eigenvalue weighted by Gasteiger charge is -2.29.